The lowest BCUT2D eigenvalue weighted by Crippen LogP contribution is -2.54. The highest BCUT2D eigenvalue weighted by Crippen LogP contribution is 2.29. The maximum Gasteiger partial charge on any atom is 0.264 e. The van der Waals surface area contributed by atoms with Crippen LogP contribution in [0.1, 0.15) is 31.9 Å². The van der Waals surface area contributed by atoms with Crippen LogP contribution in [0, 0.1) is 0 Å². The number of hydrogen-bond acceptors (Lipinski definition) is 5. The van der Waals surface area contributed by atoms with Gasteiger partial charge in [0.2, 0.25) is 11.8 Å². The predicted molar refractivity (Wildman–Crippen MR) is 191 cm³/mol. The Labute approximate surface area is 294 Å². The van der Waals surface area contributed by atoms with Gasteiger partial charge >= 0.3 is 0 Å². The number of rotatable bonds is 14. The van der Waals surface area contributed by atoms with Crippen LogP contribution in [0.3, 0.4) is 0 Å². The Morgan fingerprint density at radius 3 is 2.13 bits per heavy atom. The van der Waals surface area contributed by atoms with Crippen molar-refractivity contribution in [2.24, 2.45) is 0 Å². The van der Waals surface area contributed by atoms with E-state index >= 15 is 0 Å². The Morgan fingerprint density at radius 2 is 1.53 bits per heavy atom. The maximum atomic E-state index is 14.6. The van der Waals surface area contributed by atoms with Gasteiger partial charge in [0, 0.05) is 23.5 Å². The number of ether oxygens (including phenoxy) is 1. The van der Waals surface area contributed by atoms with Gasteiger partial charge in [0.15, 0.2) is 0 Å². The quantitative estimate of drug-likeness (QED) is 0.144. The first kappa shape index (κ1) is 36.3. The molecule has 0 aromatic heterocycles. The van der Waals surface area contributed by atoms with Crippen molar-refractivity contribution < 1.29 is 22.7 Å². The number of sulfonamides is 1. The van der Waals surface area contributed by atoms with E-state index in [1.165, 1.54) is 17.0 Å². The average Bonchev–Trinajstić information content (AvgIpc) is 3.04. The van der Waals surface area contributed by atoms with Gasteiger partial charge < -0.3 is 15.0 Å². The van der Waals surface area contributed by atoms with Gasteiger partial charge in [-0.3, -0.25) is 13.9 Å². The minimum Gasteiger partial charge on any atom is -0.494 e. The molecule has 0 spiro atoms. The van der Waals surface area contributed by atoms with E-state index < -0.39 is 28.5 Å². The molecule has 0 saturated heterocycles. The molecule has 0 radical (unpaired) electrons. The van der Waals surface area contributed by atoms with E-state index in [1.807, 2.05) is 51.1 Å². The van der Waals surface area contributed by atoms with E-state index in [0.29, 0.717) is 27.4 Å². The van der Waals surface area contributed by atoms with Crippen LogP contribution in [0.15, 0.2) is 106 Å². The fraction of sp³-hybridized carbons (Fsp3) is 0.257. The van der Waals surface area contributed by atoms with Gasteiger partial charge in [0.05, 0.1) is 27.2 Å². The van der Waals surface area contributed by atoms with Crippen molar-refractivity contribution in [1.82, 2.24) is 10.2 Å². The molecule has 4 aromatic carbocycles. The molecule has 4 rings (SSSR count). The topological polar surface area (TPSA) is 96.0 Å². The Bertz CT molecular complexity index is 1770. The molecule has 248 valence electrons. The first-order chi connectivity index (χ1) is 22.4. The van der Waals surface area contributed by atoms with Gasteiger partial charge in [-0.15, -0.1) is 0 Å². The maximum absolute atomic E-state index is 14.6. The van der Waals surface area contributed by atoms with Crippen molar-refractivity contribution in [3.8, 4) is 5.75 Å². The van der Waals surface area contributed by atoms with Gasteiger partial charge in [-0.1, -0.05) is 75.5 Å². The van der Waals surface area contributed by atoms with Crippen molar-refractivity contribution >= 4 is 66.7 Å². The molecule has 0 fully saturated rings. The van der Waals surface area contributed by atoms with E-state index in [-0.39, 0.29) is 40.5 Å². The summed E-state index contributed by atoms with van der Waals surface area (Å²) in [7, 11) is -4.25. The number of anilines is 1. The molecule has 2 amide bonds. The van der Waals surface area contributed by atoms with Crippen molar-refractivity contribution in [2.45, 2.75) is 50.7 Å². The standard InChI is InChI=1S/C35H36BrCl2N3O5S/c1-4-46-29-15-13-28(14-16-29)41(47(44,45)30-17-11-27(36)12-18-30)23-34(42)40(22-26-10-19-31(37)32(38)20-26)33(35(43)39-24(2)3)21-25-8-6-5-7-9-25/h5-20,24,33H,4,21-23H2,1-3H3,(H,39,43). The highest BCUT2D eigenvalue weighted by Gasteiger charge is 2.35. The predicted octanol–water partition coefficient (Wildman–Crippen LogP) is 7.51. The van der Waals surface area contributed by atoms with Crippen molar-refractivity contribution in [3.63, 3.8) is 0 Å². The molecule has 47 heavy (non-hydrogen) atoms. The molecule has 12 heteroatoms. The Balaban J connectivity index is 1.82. The number of halogens is 3. The van der Waals surface area contributed by atoms with Gasteiger partial charge in [-0.2, -0.15) is 0 Å². The molecule has 0 saturated carbocycles. The normalized spacial score (nSPS) is 12.0. The molecule has 0 aliphatic carbocycles. The largest absolute Gasteiger partial charge is 0.494 e. The molecule has 8 nitrogen and oxygen atoms in total. The minimum atomic E-state index is -4.25. The molecule has 1 unspecified atom stereocenters. The summed E-state index contributed by atoms with van der Waals surface area (Å²) < 4.78 is 35.7. The van der Waals surface area contributed by atoms with E-state index in [2.05, 4.69) is 21.2 Å². The fourth-order valence-electron chi connectivity index (χ4n) is 4.91. The van der Waals surface area contributed by atoms with E-state index in [9.17, 15) is 18.0 Å². The molecule has 1 atom stereocenters. The molecular formula is C35H36BrCl2N3O5S. The number of nitrogens with one attached hydrogen (secondary N) is 1. The minimum absolute atomic E-state index is 0.00296. The van der Waals surface area contributed by atoms with Gasteiger partial charge in [0.1, 0.15) is 18.3 Å². The summed E-state index contributed by atoms with van der Waals surface area (Å²) in [6, 6.07) is 25.8. The highest BCUT2D eigenvalue weighted by molar-refractivity contribution is 9.10. The molecule has 1 N–H and O–H groups in total. The van der Waals surface area contributed by atoms with Gasteiger partial charge in [0.25, 0.3) is 10.0 Å². The van der Waals surface area contributed by atoms with Gasteiger partial charge in [-0.25, -0.2) is 8.42 Å². The third-order valence-corrected chi connectivity index (χ3v) is 10.2. The summed E-state index contributed by atoms with van der Waals surface area (Å²) >= 11 is 15.9. The highest BCUT2D eigenvalue weighted by atomic mass is 79.9. The van der Waals surface area contributed by atoms with Crippen LogP contribution in [-0.2, 0) is 32.6 Å². The number of benzene rings is 4. The van der Waals surface area contributed by atoms with Gasteiger partial charge in [-0.05, 0) is 92.6 Å². The second-order valence-electron chi connectivity index (χ2n) is 11.0. The molecule has 0 aliphatic heterocycles. The second-order valence-corrected chi connectivity index (χ2v) is 14.6. The zero-order valence-electron chi connectivity index (χ0n) is 26.2. The monoisotopic (exact) mass is 759 g/mol. The van der Waals surface area contributed by atoms with Crippen LogP contribution in [0.4, 0.5) is 5.69 Å². The summed E-state index contributed by atoms with van der Waals surface area (Å²) in [5.41, 5.74) is 1.70. The second kappa shape index (κ2) is 16.5. The first-order valence-electron chi connectivity index (χ1n) is 15.0. The lowest BCUT2D eigenvalue weighted by atomic mass is 10.0. The SMILES string of the molecule is CCOc1ccc(N(CC(=O)N(Cc2ccc(Cl)c(Cl)c2)C(Cc2ccccc2)C(=O)NC(C)C)S(=O)(=O)c2ccc(Br)cc2)cc1. The number of nitrogens with zero attached hydrogens (tertiary/aromatic N) is 2. The summed E-state index contributed by atoms with van der Waals surface area (Å²) in [6.07, 6.45) is 0.189. The molecule has 0 bridgehead atoms. The van der Waals surface area contributed by atoms with E-state index in [1.54, 1.807) is 54.6 Å². The number of carbonyl (C=O) groups excluding carboxylic acids is 2. The molecule has 4 aromatic rings. The van der Waals surface area contributed by atoms with Crippen molar-refractivity contribution in [2.75, 3.05) is 17.5 Å². The Kier molecular flexibility index (Phi) is 12.7. The smallest absolute Gasteiger partial charge is 0.264 e. The van der Waals surface area contributed by atoms with Crippen LogP contribution >= 0.6 is 39.1 Å². The summed E-state index contributed by atoms with van der Waals surface area (Å²) in [6.45, 7) is 5.33. The average molecular weight is 762 g/mol. The Morgan fingerprint density at radius 1 is 0.872 bits per heavy atom. The first-order valence-corrected chi connectivity index (χ1v) is 18.0. The third kappa shape index (κ3) is 9.73. The van der Waals surface area contributed by atoms with Crippen LogP contribution in [0.2, 0.25) is 10.0 Å². The summed E-state index contributed by atoms with van der Waals surface area (Å²) in [4.78, 5) is 29.8. The van der Waals surface area contributed by atoms with Crippen molar-refractivity contribution in [1.29, 1.82) is 0 Å². The lowest BCUT2D eigenvalue weighted by molar-refractivity contribution is -0.140. The van der Waals surface area contributed by atoms with Crippen molar-refractivity contribution in [3.05, 3.63) is 123 Å². The Hall–Kier alpha value is -3.57. The van der Waals surface area contributed by atoms with E-state index in [0.717, 1.165) is 9.87 Å². The molecule has 0 aliphatic rings. The van der Waals surface area contributed by atoms with Crippen LogP contribution < -0.4 is 14.4 Å². The zero-order valence-corrected chi connectivity index (χ0v) is 30.1. The number of amides is 2. The van der Waals surface area contributed by atoms with E-state index in [4.69, 9.17) is 27.9 Å². The van der Waals surface area contributed by atoms with Crippen LogP contribution in [0.25, 0.3) is 0 Å². The lowest BCUT2D eigenvalue weighted by Gasteiger charge is -2.34. The third-order valence-electron chi connectivity index (χ3n) is 7.16. The summed E-state index contributed by atoms with van der Waals surface area (Å²) in [5, 5.41) is 3.57. The molecule has 0 heterocycles. The molecular weight excluding hydrogens is 725 g/mol. The van der Waals surface area contributed by atoms with Crippen LogP contribution in [-0.4, -0.2) is 50.4 Å². The number of hydrogen-bond donors (Lipinski definition) is 1. The number of carbonyl (C=O) groups is 2. The fourth-order valence-corrected chi connectivity index (χ4v) is 6.91. The zero-order chi connectivity index (χ0) is 34.1. The van der Waals surface area contributed by atoms with Crippen LogP contribution in [0.5, 0.6) is 5.75 Å². The summed E-state index contributed by atoms with van der Waals surface area (Å²) in [5.74, 6) is -0.413.